The number of amides is 1. The van der Waals surface area contributed by atoms with Gasteiger partial charge in [-0.15, -0.1) is 0 Å². The number of carbonyl (C=O) groups is 2. The Morgan fingerprint density at radius 2 is 1.89 bits per heavy atom. The number of carboxylic acid groups (broad SMARTS) is 1. The van der Waals surface area contributed by atoms with E-state index in [1.807, 2.05) is 0 Å². The predicted molar refractivity (Wildman–Crippen MR) is 69.3 cm³/mol. The fourth-order valence-corrected chi connectivity index (χ4v) is 1.88. The minimum Gasteiger partial charge on any atom is -0.481 e. The van der Waals surface area contributed by atoms with Crippen molar-refractivity contribution in [2.75, 3.05) is 13.1 Å². The van der Waals surface area contributed by atoms with Gasteiger partial charge in [-0.3, -0.25) is 9.59 Å². The van der Waals surface area contributed by atoms with Crippen LogP contribution in [0.5, 0.6) is 0 Å². The zero-order valence-corrected chi connectivity index (χ0v) is 11.3. The molecule has 3 N–H and O–H groups in total. The SMILES string of the molecule is CC(C)(CC(=O)O)CC(=O)NCCCNC1CC1. The number of aliphatic carboxylic acids is 1. The largest absolute Gasteiger partial charge is 0.481 e. The van der Waals surface area contributed by atoms with E-state index in [4.69, 9.17) is 5.11 Å². The van der Waals surface area contributed by atoms with Gasteiger partial charge in [0.25, 0.3) is 0 Å². The van der Waals surface area contributed by atoms with Crippen LogP contribution in [0.15, 0.2) is 0 Å². The molecule has 0 aromatic heterocycles. The minimum atomic E-state index is -0.860. The molecule has 0 heterocycles. The monoisotopic (exact) mass is 256 g/mol. The molecule has 0 radical (unpaired) electrons. The number of rotatable bonds is 9. The Kier molecular flexibility index (Phi) is 5.59. The maximum absolute atomic E-state index is 11.6. The second kappa shape index (κ2) is 6.73. The van der Waals surface area contributed by atoms with Crippen LogP contribution in [0.2, 0.25) is 0 Å². The Morgan fingerprint density at radius 3 is 2.44 bits per heavy atom. The lowest BCUT2D eigenvalue weighted by Gasteiger charge is -2.21. The van der Waals surface area contributed by atoms with E-state index < -0.39 is 11.4 Å². The van der Waals surface area contributed by atoms with E-state index in [9.17, 15) is 9.59 Å². The minimum absolute atomic E-state index is 0.0175. The van der Waals surface area contributed by atoms with Gasteiger partial charge in [0.05, 0.1) is 6.42 Å². The number of carbonyl (C=O) groups excluding carboxylic acids is 1. The van der Waals surface area contributed by atoms with Crippen LogP contribution in [0.1, 0.15) is 46.0 Å². The highest BCUT2D eigenvalue weighted by Gasteiger charge is 2.25. The molecule has 1 fully saturated rings. The molecule has 0 aromatic rings. The van der Waals surface area contributed by atoms with Gasteiger partial charge < -0.3 is 15.7 Å². The van der Waals surface area contributed by atoms with Gasteiger partial charge in [-0.2, -0.15) is 0 Å². The van der Waals surface area contributed by atoms with Crippen molar-refractivity contribution in [2.24, 2.45) is 5.41 Å². The van der Waals surface area contributed by atoms with Crippen LogP contribution in [0.3, 0.4) is 0 Å². The van der Waals surface area contributed by atoms with Crippen LogP contribution in [-0.2, 0) is 9.59 Å². The van der Waals surface area contributed by atoms with Gasteiger partial charge in [-0.25, -0.2) is 0 Å². The Labute approximate surface area is 108 Å². The summed E-state index contributed by atoms with van der Waals surface area (Å²) in [6, 6.07) is 0.704. The van der Waals surface area contributed by atoms with Crippen LogP contribution in [-0.4, -0.2) is 36.1 Å². The highest BCUT2D eigenvalue weighted by atomic mass is 16.4. The van der Waals surface area contributed by atoms with Crippen LogP contribution in [0, 0.1) is 5.41 Å². The van der Waals surface area contributed by atoms with Crippen LogP contribution < -0.4 is 10.6 Å². The summed E-state index contributed by atoms with van der Waals surface area (Å²) in [4.78, 5) is 22.3. The smallest absolute Gasteiger partial charge is 0.303 e. The molecule has 0 spiro atoms. The summed E-state index contributed by atoms with van der Waals surface area (Å²) in [6.07, 6.45) is 3.74. The van der Waals surface area contributed by atoms with Crippen LogP contribution in [0.25, 0.3) is 0 Å². The summed E-state index contributed by atoms with van der Waals surface area (Å²) < 4.78 is 0. The summed E-state index contributed by atoms with van der Waals surface area (Å²) >= 11 is 0. The molecule has 1 amide bonds. The third-order valence-corrected chi connectivity index (χ3v) is 2.95. The highest BCUT2D eigenvalue weighted by Crippen LogP contribution is 2.24. The molecule has 18 heavy (non-hydrogen) atoms. The molecule has 0 bridgehead atoms. The molecule has 1 rings (SSSR count). The normalized spacial score (nSPS) is 15.4. The lowest BCUT2D eigenvalue weighted by Crippen LogP contribution is -2.32. The summed E-state index contributed by atoms with van der Waals surface area (Å²) in [5, 5.41) is 14.9. The van der Waals surface area contributed by atoms with Crippen molar-refractivity contribution in [3.05, 3.63) is 0 Å². The summed E-state index contributed by atoms with van der Waals surface area (Å²) in [5.74, 6) is -0.922. The van der Waals surface area contributed by atoms with Crippen LogP contribution >= 0.6 is 0 Å². The summed E-state index contributed by atoms with van der Waals surface area (Å²) in [7, 11) is 0. The molecular formula is C13H24N2O3. The maximum atomic E-state index is 11.6. The molecular weight excluding hydrogens is 232 g/mol. The number of carboxylic acids is 1. The van der Waals surface area contributed by atoms with E-state index in [2.05, 4.69) is 10.6 Å². The van der Waals surface area contributed by atoms with Crippen molar-refractivity contribution in [1.82, 2.24) is 10.6 Å². The average molecular weight is 256 g/mol. The van der Waals surface area contributed by atoms with Gasteiger partial charge in [-0.1, -0.05) is 13.8 Å². The van der Waals surface area contributed by atoms with Gasteiger partial charge >= 0.3 is 5.97 Å². The molecule has 5 heteroatoms. The molecule has 0 saturated heterocycles. The van der Waals surface area contributed by atoms with E-state index in [1.54, 1.807) is 13.8 Å². The van der Waals surface area contributed by atoms with E-state index in [0.717, 1.165) is 13.0 Å². The Balaban J connectivity index is 2.05. The Hall–Kier alpha value is -1.10. The van der Waals surface area contributed by atoms with Gasteiger partial charge in [0.15, 0.2) is 0 Å². The van der Waals surface area contributed by atoms with Gasteiger partial charge in [-0.05, 0) is 31.2 Å². The third-order valence-electron chi connectivity index (χ3n) is 2.95. The average Bonchev–Trinajstić information content (AvgIpc) is 2.97. The fourth-order valence-electron chi connectivity index (χ4n) is 1.88. The zero-order chi connectivity index (χ0) is 13.6. The molecule has 104 valence electrons. The van der Waals surface area contributed by atoms with E-state index in [-0.39, 0.29) is 18.7 Å². The lowest BCUT2D eigenvalue weighted by molar-refractivity contribution is -0.139. The molecule has 0 unspecified atom stereocenters. The van der Waals surface area contributed by atoms with Gasteiger partial charge in [0.2, 0.25) is 5.91 Å². The standard InChI is InChI=1S/C13H24N2O3/c1-13(2,9-12(17)18)8-11(16)15-7-3-6-14-10-4-5-10/h10,14H,3-9H2,1-2H3,(H,15,16)(H,17,18). The number of hydrogen-bond donors (Lipinski definition) is 3. The topological polar surface area (TPSA) is 78.4 Å². The molecule has 1 aliphatic rings. The third kappa shape index (κ3) is 7.27. The highest BCUT2D eigenvalue weighted by molar-refractivity contribution is 5.77. The zero-order valence-electron chi connectivity index (χ0n) is 11.3. The quantitative estimate of drug-likeness (QED) is 0.540. The Morgan fingerprint density at radius 1 is 1.22 bits per heavy atom. The molecule has 0 aliphatic heterocycles. The first-order chi connectivity index (χ1) is 8.39. The molecule has 0 atom stereocenters. The molecule has 5 nitrogen and oxygen atoms in total. The second-order valence-electron chi connectivity index (χ2n) is 5.84. The number of hydrogen-bond acceptors (Lipinski definition) is 3. The second-order valence-corrected chi connectivity index (χ2v) is 5.84. The molecule has 1 saturated carbocycles. The van der Waals surface area contributed by atoms with E-state index in [1.165, 1.54) is 12.8 Å². The van der Waals surface area contributed by atoms with E-state index in [0.29, 0.717) is 12.6 Å². The van der Waals surface area contributed by atoms with Gasteiger partial charge in [0.1, 0.15) is 0 Å². The van der Waals surface area contributed by atoms with Crippen LogP contribution in [0.4, 0.5) is 0 Å². The van der Waals surface area contributed by atoms with Crippen molar-refractivity contribution >= 4 is 11.9 Å². The Bertz CT molecular complexity index is 299. The molecule has 1 aliphatic carbocycles. The van der Waals surface area contributed by atoms with Gasteiger partial charge in [0, 0.05) is 19.0 Å². The van der Waals surface area contributed by atoms with Crippen molar-refractivity contribution in [3.8, 4) is 0 Å². The fraction of sp³-hybridized carbons (Fsp3) is 0.846. The number of nitrogens with one attached hydrogen (secondary N) is 2. The molecule has 0 aromatic carbocycles. The van der Waals surface area contributed by atoms with Crippen molar-refractivity contribution in [2.45, 2.75) is 52.0 Å². The summed E-state index contributed by atoms with van der Waals surface area (Å²) in [5.41, 5.74) is -0.484. The van der Waals surface area contributed by atoms with Crippen molar-refractivity contribution < 1.29 is 14.7 Å². The van der Waals surface area contributed by atoms with Crippen molar-refractivity contribution in [1.29, 1.82) is 0 Å². The summed E-state index contributed by atoms with van der Waals surface area (Å²) in [6.45, 7) is 5.19. The maximum Gasteiger partial charge on any atom is 0.303 e. The lowest BCUT2D eigenvalue weighted by atomic mass is 9.85. The van der Waals surface area contributed by atoms with Crippen molar-refractivity contribution in [3.63, 3.8) is 0 Å². The van der Waals surface area contributed by atoms with E-state index >= 15 is 0 Å². The first-order valence-electron chi connectivity index (χ1n) is 6.61. The predicted octanol–water partition coefficient (Wildman–Crippen LogP) is 1.14. The first-order valence-corrected chi connectivity index (χ1v) is 6.61. The first kappa shape index (κ1) is 15.0.